The predicted molar refractivity (Wildman–Crippen MR) is 134 cm³/mol. The number of carbonyl (C=O) groups is 1. The lowest BCUT2D eigenvalue weighted by molar-refractivity contribution is -0.0606. The summed E-state index contributed by atoms with van der Waals surface area (Å²) >= 11 is 0. The Labute approximate surface area is 205 Å². The monoisotopic (exact) mass is 470 g/mol. The lowest BCUT2D eigenvalue weighted by atomic mass is 9.74. The smallest absolute Gasteiger partial charge is 0.254 e. The van der Waals surface area contributed by atoms with Crippen LogP contribution in [0.25, 0.3) is 11.1 Å². The van der Waals surface area contributed by atoms with E-state index in [0.717, 1.165) is 25.9 Å². The van der Waals surface area contributed by atoms with Crippen molar-refractivity contribution in [1.82, 2.24) is 9.80 Å². The average molecular weight is 471 g/mol. The zero-order valence-corrected chi connectivity index (χ0v) is 19.7. The summed E-state index contributed by atoms with van der Waals surface area (Å²) in [5, 5.41) is 10.2. The molecule has 1 N–H and O–H groups in total. The van der Waals surface area contributed by atoms with Crippen molar-refractivity contribution in [2.75, 3.05) is 33.0 Å². The Bertz CT molecular complexity index is 1200. The van der Waals surface area contributed by atoms with Gasteiger partial charge < -0.3 is 19.5 Å². The fraction of sp³-hybridized carbons (Fsp3) is 0.345. The molecule has 3 aromatic rings. The van der Waals surface area contributed by atoms with E-state index in [2.05, 4.69) is 53.4 Å². The summed E-state index contributed by atoms with van der Waals surface area (Å²) in [5.41, 5.74) is 4.23. The fourth-order valence-electron chi connectivity index (χ4n) is 5.87. The van der Waals surface area contributed by atoms with Gasteiger partial charge in [-0.15, -0.1) is 0 Å². The van der Waals surface area contributed by atoms with Gasteiger partial charge in [0.2, 0.25) is 6.79 Å². The molecule has 3 heterocycles. The molecule has 0 spiro atoms. The molecule has 35 heavy (non-hydrogen) atoms. The maximum Gasteiger partial charge on any atom is 0.254 e. The summed E-state index contributed by atoms with van der Waals surface area (Å²) in [6.45, 7) is 2.66. The Morgan fingerprint density at radius 1 is 0.886 bits per heavy atom. The van der Waals surface area contributed by atoms with Gasteiger partial charge in [0.15, 0.2) is 11.5 Å². The van der Waals surface area contributed by atoms with Gasteiger partial charge in [-0.1, -0.05) is 54.6 Å². The summed E-state index contributed by atoms with van der Waals surface area (Å²) in [7, 11) is 0. The van der Waals surface area contributed by atoms with Crippen molar-refractivity contribution in [3.05, 3.63) is 83.9 Å². The van der Waals surface area contributed by atoms with Crippen molar-refractivity contribution in [3.63, 3.8) is 0 Å². The van der Waals surface area contributed by atoms with Gasteiger partial charge in [-0.3, -0.25) is 9.69 Å². The van der Waals surface area contributed by atoms with E-state index in [1.165, 1.54) is 16.7 Å². The number of hydrogen-bond acceptors (Lipinski definition) is 5. The molecule has 6 rings (SSSR count). The van der Waals surface area contributed by atoms with Gasteiger partial charge >= 0.3 is 0 Å². The maximum atomic E-state index is 13.5. The van der Waals surface area contributed by atoms with Gasteiger partial charge in [-0.2, -0.15) is 0 Å². The third kappa shape index (κ3) is 4.07. The molecule has 6 heteroatoms. The molecule has 0 saturated carbocycles. The third-order valence-corrected chi connectivity index (χ3v) is 7.68. The van der Waals surface area contributed by atoms with Crippen molar-refractivity contribution in [3.8, 4) is 22.6 Å². The van der Waals surface area contributed by atoms with Crippen molar-refractivity contribution in [1.29, 1.82) is 0 Å². The summed E-state index contributed by atoms with van der Waals surface area (Å²) in [5.74, 6) is 1.53. The van der Waals surface area contributed by atoms with Crippen LogP contribution in [0.2, 0.25) is 0 Å². The normalized spacial score (nSPS) is 23.7. The molecule has 1 amide bonds. The van der Waals surface area contributed by atoms with Crippen molar-refractivity contribution in [2.45, 2.75) is 30.8 Å². The van der Waals surface area contributed by atoms with Crippen LogP contribution in [-0.2, 0) is 0 Å². The maximum absolute atomic E-state index is 13.5. The first kappa shape index (κ1) is 22.1. The molecular formula is C29H30N2O4. The highest BCUT2D eigenvalue weighted by atomic mass is 16.7. The molecule has 0 aromatic heterocycles. The molecular weight excluding hydrogens is 440 g/mol. The minimum atomic E-state index is 0.0239. The summed E-state index contributed by atoms with van der Waals surface area (Å²) < 4.78 is 10.9. The molecule has 0 bridgehead atoms. The molecule has 0 unspecified atom stereocenters. The van der Waals surface area contributed by atoms with E-state index in [-0.39, 0.29) is 37.3 Å². The van der Waals surface area contributed by atoms with Crippen LogP contribution in [-0.4, -0.2) is 65.9 Å². The number of ether oxygens (including phenoxy) is 2. The molecule has 3 aliphatic rings. The molecule has 3 aliphatic heterocycles. The van der Waals surface area contributed by atoms with E-state index in [1.807, 2.05) is 23.1 Å². The van der Waals surface area contributed by atoms with E-state index < -0.39 is 0 Å². The van der Waals surface area contributed by atoms with Gasteiger partial charge in [0.25, 0.3) is 5.91 Å². The largest absolute Gasteiger partial charge is 0.454 e. The first-order chi connectivity index (χ1) is 17.2. The number of aliphatic hydroxyl groups is 1. The minimum absolute atomic E-state index is 0.0239. The van der Waals surface area contributed by atoms with E-state index in [9.17, 15) is 9.90 Å². The number of benzene rings is 3. The van der Waals surface area contributed by atoms with Crippen LogP contribution in [0.5, 0.6) is 11.5 Å². The number of aliphatic hydroxyl groups excluding tert-OH is 1. The van der Waals surface area contributed by atoms with E-state index >= 15 is 0 Å². The summed E-state index contributed by atoms with van der Waals surface area (Å²) in [4.78, 5) is 17.9. The first-order valence-corrected chi connectivity index (χ1v) is 12.4. The summed E-state index contributed by atoms with van der Waals surface area (Å²) in [6.07, 6.45) is 1.96. The minimum Gasteiger partial charge on any atom is -0.454 e. The highest BCUT2D eigenvalue weighted by Crippen LogP contribution is 2.42. The second-order valence-electron chi connectivity index (χ2n) is 9.60. The van der Waals surface area contributed by atoms with Crippen molar-refractivity contribution < 1.29 is 19.4 Å². The van der Waals surface area contributed by atoms with Crippen LogP contribution >= 0.6 is 0 Å². The number of carbonyl (C=O) groups excluding carboxylic acids is 1. The Morgan fingerprint density at radius 2 is 1.63 bits per heavy atom. The van der Waals surface area contributed by atoms with Gasteiger partial charge in [0.1, 0.15) is 0 Å². The number of rotatable bonds is 4. The van der Waals surface area contributed by atoms with Crippen LogP contribution in [0.3, 0.4) is 0 Å². The fourth-order valence-corrected chi connectivity index (χ4v) is 5.87. The molecule has 3 atom stereocenters. The van der Waals surface area contributed by atoms with Crippen LogP contribution in [0, 0.1) is 0 Å². The summed E-state index contributed by atoms with van der Waals surface area (Å²) in [6, 6.07) is 24.8. The Balaban J connectivity index is 1.24. The van der Waals surface area contributed by atoms with Crippen LogP contribution < -0.4 is 9.47 Å². The third-order valence-electron chi connectivity index (χ3n) is 7.68. The average Bonchev–Trinajstić information content (AvgIpc) is 3.36. The number of nitrogens with zero attached hydrogens (tertiary/aromatic N) is 2. The lowest BCUT2D eigenvalue weighted by Gasteiger charge is -2.57. The highest BCUT2D eigenvalue weighted by Gasteiger charge is 2.49. The predicted octanol–water partition coefficient (Wildman–Crippen LogP) is 4.15. The Morgan fingerprint density at radius 3 is 2.43 bits per heavy atom. The number of fused-ring (bicyclic) bond motifs is 2. The van der Waals surface area contributed by atoms with E-state index in [1.54, 1.807) is 6.07 Å². The Hall–Kier alpha value is -3.35. The second kappa shape index (κ2) is 9.36. The van der Waals surface area contributed by atoms with Gasteiger partial charge in [-0.25, -0.2) is 0 Å². The van der Waals surface area contributed by atoms with Gasteiger partial charge in [0.05, 0.1) is 6.61 Å². The highest BCUT2D eigenvalue weighted by molar-refractivity contribution is 5.95. The molecule has 2 saturated heterocycles. The zero-order chi connectivity index (χ0) is 23.8. The first-order valence-electron chi connectivity index (χ1n) is 12.4. The topological polar surface area (TPSA) is 62.2 Å². The number of hydrogen-bond donors (Lipinski definition) is 1. The molecule has 0 radical (unpaired) electrons. The SMILES string of the molecule is O=C(c1ccc2c(c1)OCO2)N1CCCCN2[C@H](C1)[C@H](c1ccc(-c3ccccc3)cc1)[C@@H]2CO. The van der Waals surface area contributed by atoms with Crippen LogP contribution in [0.15, 0.2) is 72.8 Å². The quantitative estimate of drug-likeness (QED) is 0.621. The Kier molecular flexibility index (Phi) is 5.92. The molecule has 180 valence electrons. The number of amides is 1. The molecule has 3 aromatic carbocycles. The van der Waals surface area contributed by atoms with Gasteiger partial charge in [-0.05, 0) is 54.3 Å². The van der Waals surface area contributed by atoms with Crippen molar-refractivity contribution in [2.24, 2.45) is 0 Å². The van der Waals surface area contributed by atoms with E-state index in [4.69, 9.17) is 9.47 Å². The van der Waals surface area contributed by atoms with Crippen LogP contribution in [0.4, 0.5) is 0 Å². The second-order valence-corrected chi connectivity index (χ2v) is 9.60. The van der Waals surface area contributed by atoms with Gasteiger partial charge in [0, 0.05) is 36.7 Å². The molecule has 2 fully saturated rings. The molecule has 6 nitrogen and oxygen atoms in total. The van der Waals surface area contributed by atoms with Crippen molar-refractivity contribution >= 4 is 5.91 Å². The standard InChI is InChI=1S/C29H30N2O4/c32-18-25-28(22-10-8-21(9-11-22)20-6-2-1-3-7-20)24-17-30(14-4-5-15-31(24)25)29(33)23-12-13-26-27(16-23)35-19-34-26/h1-3,6-13,16,24-25,28,32H,4-5,14-15,17-19H2/t24-,25+,28+/m1/s1. The lowest BCUT2D eigenvalue weighted by Crippen LogP contribution is -2.67. The van der Waals surface area contributed by atoms with Crippen LogP contribution in [0.1, 0.15) is 34.7 Å². The molecule has 0 aliphatic carbocycles. The van der Waals surface area contributed by atoms with E-state index in [0.29, 0.717) is 23.6 Å². The zero-order valence-electron chi connectivity index (χ0n) is 19.7.